The van der Waals surface area contributed by atoms with Crippen molar-refractivity contribution in [1.29, 1.82) is 0 Å². The predicted molar refractivity (Wildman–Crippen MR) is 125 cm³/mol. The van der Waals surface area contributed by atoms with Crippen LogP contribution in [-0.2, 0) is 25.6 Å². The summed E-state index contributed by atoms with van der Waals surface area (Å²) in [5.74, 6) is -1.000. The van der Waals surface area contributed by atoms with Gasteiger partial charge in [0.2, 0.25) is 0 Å². The van der Waals surface area contributed by atoms with E-state index in [9.17, 15) is 14.7 Å². The SMILES string of the molecule is CCOC(=O)C1=CN(Cc2ccc(OC)cc2)C=C(C(=O)OCC)C1c1ccc(OC)c(O)c1. The minimum atomic E-state index is -0.790. The Bertz CT molecular complexity index is 1050. The number of carbonyl (C=O) groups is 2. The second-order valence-electron chi connectivity index (χ2n) is 7.49. The molecule has 1 aliphatic heterocycles. The number of hydrogen-bond donors (Lipinski definition) is 1. The van der Waals surface area contributed by atoms with E-state index in [1.54, 1.807) is 50.4 Å². The minimum absolute atomic E-state index is 0.105. The van der Waals surface area contributed by atoms with Crippen LogP contribution < -0.4 is 9.47 Å². The Morgan fingerprint density at radius 1 is 0.882 bits per heavy atom. The molecule has 0 spiro atoms. The fourth-order valence-electron chi connectivity index (χ4n) is 3.76. The highest BCUT2D eigenvalue weighted by atomic mass is 16.5. The number of aromatic hydroxyl groups is 1. The van der Waals surface area contributed by atoms with Crippen LogP contribution >= 0.6 is 0 Å². The van der Waals surface area contributed by atoms with Crippen LogP contribution in [0, 0.1) is 0 Å². The number of phenols is 1. The van der Waals surface area contributed by atoms with Gasteiger partial charge in [-0.3, -0.25) is 0 Å². The molecule has 0 aliphatic carbocycles. The average molecular weight is 468 g/mol. The minimum Gasteiger partial charge on any atom is -0.504 e. The molecule has 0 saturated carbocycles. The predicted octanol–water partition coefficient (Wildman–Crippen LogP) is 3.90. The number of ether oxygens (including phenoxy) is 4. The van der Waals surface area contributed by atoms with Crippen LogP contribution in [0.2, 0.25) is 0 Å². The lowest BCUT2D eigenvalue weighted by molar-refractivity contribution is -0.139. The number of nitrogens with zero attached hydrogens (tertiary/aromatic N) is 1. The molecule has 180 valence electrons. The molecule has 8 heteroatoms. The molecule has 34 heavy (non-hydrogen) atoms. The number of hydrogen-bond acceptors (Lipinski definition) is 8. The van der Waals surface area contributed by atoms with Gasteiger partial charge in [-0.2, -0.15) is 0 Å². The molecule has 0 amide bonds. The Morgan fingerprint density at radius 3 is 1.94 bits per heavy atom. The zero-order valence-electron chi connectivity index (χ0n) is 19.7. The number of phenolic OH excluding ortho intramolecular Hbond substituents is 1. The van der Waals surface area contributed by atoms with Gasteiger partial charge in [0, 0.05) is 18.9 Å². The maximum Gasteiger partial charge on any atom is 0.336 e. The quantitative estimate of drug-likeness (QED) is 0.555. The van der Waals surface area contributed by atoms with Crippen molar-refractivity contribution in [3.05, 3.63) is 77.1 Å². The summed E-state index contributed by atoms with van der Waals surface area (Å²) in [5.41, 5.74) is 1.98. The van der Waals surface area contributed by atoms with Gasteiger partial charge in [-0.15, -0.1) is 0 Å². The molecule has 0 saturated heterocycles. The van der Waals surface area contributed by atoms with Gasteiger partial charge >= 0.3 is 11.9 Å². The lowest BCUT2D eigenvalue weighted by Crippen LogP contribution is -2.29. The number of benzene rings is 2. The van der Waals surface area contributed by atoms with Crippen molar-refractivity contribution in [2.75, 3.05) is 27.4 Å². The largest absolute Gasteiger partial charge is 0.504 e. The van der Waals surface area contributed by atoms with Crippen molar-refractivity contribution in [3.63, 3.8) is 0 Å². The summed E-state index contributed by atoms with van der Waals surface area (Å²) in [7, 11) is 3.04. The van der Waals surface area contributed by atoms with Crippen molar-refractivity contribution in [3.8, 4) is 17.2 Å². The molecule has 0 radical (unpaired) electrons. The molecule has 0 atom stereocenters. The second kappa shape index (κ2) is 11.3. The van der Waals surface area contributed by atoms with Gasteiger partial charge in [0.1, 0.15) is 5.75 Å². The number of carbonyl (C=O) groups excluding carboxylic acids is 2. The van der Waals surface area contributed by atoms with Crippen LogP contribution in [0.3, 0.4) is 0 Å². The topological polar surface area (TPSA) is 94.5 Å². The van der Waals surface area contributed by atoms with Crippen LogP contribution in [0.15, 0.2) is 66.0 Å². The number of esters is 2. The smallest absolute Gasteiger partial charge is 0.336 e. The number of rotatable bonds is 9. The van der Waals surface area contributed by atoms with Gasteiger partial charge < -0.3 is 29.0 Å². The van der Waals surface area contributed by atoms with Gasteiger partial charge in [0.05, 0.1) is 44.5 Å². The maximum absolute atomic E-state index is 13.0. The van der Waals surface area contributed by atoms with Crippen LogP contribution in [0.5, 0.6) is 17.2 Å². The van der Waals surface area contributed by atoms with E-state index in [0.717, 1.165) is 11.3 Å². The third kappa shape index (κ3) is 5.51. The summed E-state index contributed by atoms with van der Waals surface area (Å²) in [6, 6.07) is 12.2. The molecule has 0 bridgehead atoms. The van der Waals surface area contributed by atoms with E-state index in [4.69, 9.17) is 18.9 Å². The lowest BCUT2D eigenvalue weighted by atomic mass is 9.83. The van der Waals surface area contributed by atoms with Crippen LogP contribution in [0.1, 0.15) is 30.9 Å². The standard InChI is InChI=1S/C26H29NO7/c1-5-33-25(29)20-15-27(14-17-7-10-19(31-3)11-8-17)16-21(26(30)34-6-2)24(20)18-9-12-23(32-4)22(28)13-18/h7-13,15-16,24,28H,5-6,14H2,1-4H3. The molecule has 1 N–H and O–H groups in total. The zero-order chi connectivity index (χ0) is 24.7. The first-order chi connectivity index (χ1) is 16.4. The van der Waals surface area contributed by atoms with Crippen molar-refractivity contribution < 1.29 is 33.6 Å². The third-order valence-corrected chi connectivity index (χ3v) is 5.31. The van der Waals surface area contributed by atoms with Gasteiger partial charge in [-0.05, 0) is 49.2 Å². The van der Waals surface area contributed by atoms with Crippen molar-refractivity contribution >= 4 is 11.9 Å². The first-order valence-electron chi connectivity index (χ1n) is 10.9. The molecule has 1 heterocycles. The maximum atomic E-state index is 13.0. The summed E-state index contributed by atoms with van der Waals surface area (Å²) in [6.45, 7) is 4.18. The van der Waals surface area contributed by atoms with Gasteiger partial charge in [-0.1, -0.05) is 18.2 Å². The molecule has 2 aromatic rings. The summed E-state index contributed by atoms with van der Waals surface area (Å²) >= 11 is 0. The molecule has 8 nitrogen and oxygen atoms in total. The molecule has 2 aromatic carbocycles. The first kappa shape index (κ1) is 24.7. The molecule has 1 aliphatic rings. The fraction of sp³-hybridized carbons (Fsp3) is 0.308. The fourth-order valence-corrected chi connectivity index (χ4v) is 3.76. The van der Waals surface area contributed by atoms with E-state index < -0.39 is 17.9 Å². The Hall–Kier alpha value is -3.94. The van der Waals surface area contributed by atoms with Gasteiger partial charge in [0.15, 0.2) is 11.5 Å². The molecule has 3 rings (SSSR count). The molecule has 0 aromatic heterocycles. The first-order valence-corrected chi connectivity index (χ1v) is 10.9. The average Bonchev–Trinajstić information content (AvgIpc) is 2.84. The highest BCUT2D eigenvalue weighted by Gasteiger charge is 2.36. The van der Waals surface area contributed by atoms with E-state index in [1.807, 2.05) is 24.3 Å². The van der Waals surface area contributed by atoms with Crippen LogP contribution in [0.4, 0.5) is 0 Å². The Kier molecular flexibility index (Phi) is 8.19. The van der Waals surface area contributed by atoms with Crippen molar-refractivity contribution in [2.45, 2.75) is 26.3 Å². The summed E-state index contributed by atoms with van der Waals surface area (Å²) in [6.07, 6.45) is 3.33. The normalized spacial score (nSPS) is 13.6. The Morgan fingerprint density at radius 2 is 1.47 bits per heavy atom. The molecule has 0 unspecified atom stereocenters. The monoisotopic (exact) mass is 467 g/mol. The van der Waals surface area contributed by atoms with E-state index >= 15 is 0 Å². The lowest BCUT2D eigenvalue weighted by Gasteiger charge is -2.30. The molecular weight excluding hydrogens is 438 g/mol. The van der Waals surface area contributed by atoms with E-state index in [-0.39, 0.29) is 35.9 Å². The van der Waals surface area contributed by atoms with Gasteiger partial charge in [-0.25, -0.2) is 9.59 Å². The van der Waals surface area contributed by atoms with Crippen LogP contribution in [-0.4, -0.2) is 49.4 Å². The summed E-state index contributed by atoms with van der Waals surface area (Å²) in [5, 5.41) is 10.4. The zero-order valence-corrected chi connectivity index (χ0v) is 19.7. The highest BCUT2D eigenvalue weighted by molar-refractivity contribution is 5.98. The Labute approximate surface area is 199 Å². The third-order valence-electron chi connectivity index (χ3n) is 5.31. The van der Waals surface area contributed by atoms with E-state index in [1.165, 1.54) is 13.2 Å². The van der Waals surface area contributed by atoms with E-state index in [0.29, 0.717) is 12.1 Å². The molecule has 0 fully saturated rings. The van der Waals surface area contributed by atoms with Gasteiger partial charge in [0.25, 0.3) is 0 Å². The second-order valence-corrected chi connectivity index (χ2v) is 7.49. The van der Waals surface area contributed by atoms with E-state index in [2.05, 4.69) is 0 Å². The van der Waals surface area contributed by atoms with Crippen LogP contribution in [0.25, 0.3) is 0 Å². The number of methoxy groups -OCH3 is 2. The highest BCUT2D eigenvalue weighted by Crippen LogP contribution is 2.40. The molecular formula is C26H29NO7. The summed E-state index contributed by atoms with van der Waals surface area (Å²) < 4.78 is 21.0. The Balaban J connectivity index is 2.08. The summed E-state index contributed by atoms with van der Waals surface area (Å²) in [4.78, 5) is 27.7. The van der Waals surface area contributed by atoms with Crippen molar-refractivity contribution in [2.24, 2.45) is 0 Å². The van der Waals surface area contributed by atoms with Crippen molar-refractivity contribution in [1.82, 2.24) is 4.90 Å².